The molecule has 3 rings (SSSR count). The number of aromatic nitrogens is 1. The van der Waals surface area contributed by atoms with E-state index in [4.69, 9.17) is 4.42 Å². The maximum Gasteiger partial charge on any atom is 0.226 e. The van der Waals surface area contributed by atoms with E-state index in [1.54, 1.807) is 25.4 Å². The van der Waals surface area contributed by atoms with Crippen molar-refractivity contribution in [3.63, 3.8) is 0 Å². The number of hydrogen-bond acceptors (Lipinski definition) is 4. The van der Waals surface area contributed by atoms with Gasteiger partial charge in [-0.15, -0.1) is 24.0 Å². The van der Waals surface area contributed by atoms with Gasteiger partial charge in [0, 0.05) is 50.6 Å². The quantitative estimate of drug-likeness (QED) is 0.342. The number of rotatable bonds is 6. The Balaban J connectivity index is 0.00000320. The molecule has 1 amide bonds. The van der Waals surface area contributed by atoms with Crippen molar-refractivity contribution in [3.05, 3.63) is 42.0 Å². The Hall–Kier alpha value is -2.17. The molecule has 0 bridgehead atoms. The zero-order valence-corrected chi connectivity index (χ0v) is 19.9. The molecule has 0 spiro atoms. The summed E-state index contributed by atoms with van der Waals surface area (Å²) in [5.41, 5.74) is 1.55. The minimum absolute atomic E-state index is 0. The monoisotopic (exact) mass is 529 g/mol. The van der Waals surface area contributed by atoms with Gasteiger partial charge in [-0.05, 0) is 30.7 Å². The lowest BCUT2D eigenvalue weighted by Gasteiger charge is -2.20. The van der Waals surface area contributed by atoms with E-state index in [9.17, 15) is 9.18 Å². The topological polar surface area (TPSA) is 82.8 Å². The van der Waals surface area contributed by atoms with E-state index in [0.29, 0.717) is 31.4 Å². The predicted octanol–water partition coefficient (Wildman–Crippen LogP) is 3.06. The first kappa shape index (κ1) is 24.1. The van der Waals surface area contributed by atoms with Crippen LogP contribution >= 0.6 is 24.0 Å². The molecule has 0 aliphatic carbocycles. The molecule has 0 radical (unpaired) electrons. The average molecular weight is 529 g/mol. The summed E-state index contributed by atoms with van der Waals surface area (Å²) in [5.74, 6) is 1.11. The molecule has 164 valence electrons. The van der Waals surface area contributed by atoms with E-state index in [-0.39, 0.29) is 47.7 Å². The van der Waals surface area contributed by atoms with Gasteiger partial charge < -0.3 is 20.0 Å². The summed E-state index contributed by atoms with van der Waals surface area (Å²) >= 11 is 0. The number of nitrogens with zero attached hydrogens (tertiary/aromatic N) is 3. The van der Waals surface area contributed by atoms with Crippen LogP contribution in [0.25, 0.3) is 11.5 Å². The van der Waals surface area contributed by atoms with Gasteiger partial charge in [-0.2, -0.15) is 0 Å². The number of carbonyl (C=O) groups excluding carboxylic acids is 1. The highest BCUT2D eigenvalue weighted by molar-refractivity contribution is 14.0. The average Bonchev–Trinajstić information content (AvgIpc) is 3.37. The second-order valence-corrected chi connectivity index (χ2v) is 7.47. The SMILES string of the molecule is CN=C(NCCc1coc(-c2ccc(F)cc2)n1)NC1CCN(C(=O)C(C)C)C1.I. The van der Waals surface area contributed by atoms with E-state index in [0.717, 1.165) is 24.2 Å². The molecular formula is C21H29FIN5O2. The normalized spacial score (nSPS) is 16.5. The summed E-state index contributed by atoms with van der Waals surface area (Å²) in [6, 6.07) is 6.25. The van der Waals surface area contributed by atoms with Crippen LogP contribution in [0.3, 0.4) is 0 Å². The lowest BCUT2D eigenvalue weighted by molar-refractivity contribution is -0.133. The molecule has 30 heavy (non-hydrogen) atoms. The van der Waals surface area contributed by atoms with Gasteiger partial charge in [0.05, 0.1) is 5.69 Å². The smallest absolute Gasteiger partial charge is 0.226 e. The summed E-state index contributed by atoms with van der Waals surface area (Å²) in [6.07, 6.45) is 3.18. The van der Waals surface area contributed by atoms with E-state index >= 15 is 0 Å². The molecule has 1 aromatic carbocycles. The Morgan fingerprint density at radius 2 is 2.10 bits per heavy atom. The number of aliphatic imine (C=N–C) groups is 1. The minimum Gasteiger partial charge on any atom is -0.444 e. The maximum absolute atomic E-state index is 13.0. The molecule has 1 fully saturated rings. The fourth-order valence-corrected chi connectivity index (χ4v) is 3.29. The van der Waals surface area contributed by atoms with Crippen molar-refractivity contribution in [1.82, 2.24) is 20.5 Å². The Morgan fingerprint density at radius 1 is 1.37 bits per heavy atom. The van der Waals surface area contributed by atoms with Crippen molar-refractivity contribution >= 4 is 35.8 Å². The summed E-state index contributed by atoms with van der Waals surface area (Å²) in [4.78, 5) is 22.7. The van der Waals surface area contributed by atoms with Crippen LogP contribution in [0.2, 0.25) is 0 Å². The van der Waals surface area contributed by atoms with Gasteiger partial charge >= 0.3 is 0 Å². The van der Waals surface area contributed by atoms with E-state index in [1.165, 1.54) is 12.1 Å². The second kappa shape index (κ2) is 11.3. The number of nitrogens with one attached hydrogen (secondary N) is 2. The highest BCUT2D eigenvalue weighted by Crippen LogP contribution is 2.19. The molecule has 1 aromatic heterocycles. The number of amides is 1. The van der Waals surface area contributed by atoms with Crippen LogP contribution in [0.4, 0.5) is 4.39 Å². The Kier molecular flexibility index (Phi) is 9.07. The largest absolute Gasteiger partial charge is 0.444 e. The first-order valence-corrected chi connectivity index (χ1v) is 9.92. The third-order valence-corrected chi connectivity index (χ3v) is 4.87. The molecule has 0 saturated carbocycles. The molecule has 1 aliphatic rings. The molecule has 1 unspecified atom stereocenters. The van der Waals surface area contributed by atoms with Crippen molar-refractivity contribution in [3.8, 4) is 11.5 Å². The maximum atomic E-state index is 13.0. The van der Waals surface area contributed by atoms with E-state index < -0.39 is 0 Å². The number of hydrogen-bond donors (Lipinski definition) is 2. The minimum atomic E-state index is -0.289. The lowest BCUT2D eigenvalue weighted by atomic mass is 10.2. The van der Waals surface area contributed by atoms with Gasteiger partial charge in [-0.1, -0.05) is 13.8 Å². The first-order chi connectivity index (χ1) is 14.0. The summed E-state index contributed by atoms with van der Waals surface area (Å²) < 4.78 is 18.5. The van der Waals surface area contributed by atoms with Crippen LogP contribution in [0, 0.1) is 11.7 Å². The Morgan fingerprint density at radius 3 is 2.77 bits per heavy atom. The second-order valence-electron chi connectivity index (χ2n) is 7.47. The number of carbonyl (C=O) groups is 1. The predicted molar refractivity (Wildman–Crippen MR) is 125 cm³/mol. The number of oxazole rings is 1. The molecule has 2 aromatic rings. The molecule has 1 saturated heterocycles. The molecule has 2 heterocycles. The van der Waals surface area contributed by atoms with Crippen molar-refractivity contribution in [2.45, 2.75) is 32.7 Å². The molecule has 2 N–H and O–H groups in total. The zero-order valence-electron chi connectivity index (χ0n) is 17.5. The Bertz CT molecular complexity index is 853. The van der Waals surface area contributed by atoms with Crippen LogP contribution < -0.4 is 10.6 Å². The molecule has 9 heteroatoms. The van der Waals surface area contributed by atoms with Crippen LogP contribution in [0.1, 0.15) is 26.0 Å². The van der Waals surface area contributed by atoms with Crippen molar-refractivity contribution in [2.24, 2.45) is 10.9 Å². The van der Waals surface area contributed by atoms with Crippen molar-refractivity contribution < 1.29 is 13.6 Å². The lowest BCUT2D eigenvalue weighted by Crippen LogP contribution is -2.45. The van der Waals surface area contributed by atoms with Crippen LogP contribution in [0.15, 0.2) is 39.9 Å². The van der Waals surface area contributed by atoms with E-state index in [1.807, 2.05) is 18.7 Å². The van der Waals surface area contributed by atoms with Crippen molar-refractivity contribution in [2.75, 3.05) is 26.7 Å². The van der Waals surface area contributed by atoms with Crippen LogP contribution in [-0.4, -0.2) is 54.5 Å². The van der Waals surface area contributed by atoms with Crippen molar-refractivity contribution in [1.29, 1.82) is 0 Å². The summed E-state index contributed by atoms with van der Waals surface area (Å²) in [6.45, 7) is 5.96. The van der Waals surface area contributed by atoms with Crippen LogP contribution in [0.5, 0.6) is 0 Å². The molecular weight excluding hydrogens is 500 g/mol. The van der Waals surface area contributed by atoms with Gasteiger partial charge in [-0.25, -0.2) is 9.37 Å². The fraction of sp³-hybridized carbons (Fsp3) is 0.476. The standard InChI is InChI=1S/C21H28FN5O2.HI/c1-14(2)20(28)27-11-9-17(12-27)26-21(23-3)24-10-8-18-13-29-19(25-18)15-4-6-16(22)7-5-15;/h4-7,13-14,17H,8-12H2,1-3H3,(H2,23,24,26);1H. The number of likely N-dealkylation sites (tertiary alicyclic amines) is 1. The third kappa shape index (κ3) is 6.41. The van der Waals surface area contributed by atoms with E-state index in [2.05, 4.69) is 20.6 Å². The molecule has 1 atom stereocenters. The number of halogens is 2. The highest BCUT2D eigenvalue weighted by atomic mass is 127. The first-order valence-electron chi connectivity index (χ1n) is 9.92. The third-order valence-electron chi connectivity index (χ3n) is 4.87. The molecule has 7 nitrogen and oxygen atoms in total. The van der Waals surface area contributed by atoms with Crippen LogP contribution in [-0.2, 0) is 11.2 Å². The molecule has 1 aliphatic heterocycles. The van der Waals surface area contributed by atoms with Gasteiger partial charge in [0.1, 0.15) is 12.1 Å². The van der Waals surface area contributed by atoms with Gasteiger partial charge in [0.2, 0.25) is 11.8 Å². The fourth-order valence-electron chi connectivity index (χ4n) is 3.29. The van der Waals surface area contributed by atoms with Gasteiger partial charge in [0.15, 0.2) is 5.96 Å². The Labute approximate surface area is 193 Å². The zero-order chi connectivity index (χ0) is 20.8. The summed E-state index contributed by atoms with van der Waals surface area (Å²) in [7, 11) is 1.73. The van der Waals surface area contributed by atoms with Gasteiger partial charge in [-0.3, -0.25) is 9.79 Å². The van der Waals surface area contributed by atoms with Gasteiger partial charge in [0.25, 0.3) is 0 Å². The number of guanidine groups is 1. The summed E-state index contributed by atoms with van der Waals surface area (Å²) in [5, 5.41) is 6.65. The number of benzene rings is 1. The highest BCUT2D eigenvalue weighted by Gasteiger charge is 2.27.